The van der Waals surface area contributed by atoms with E-state index in [0.717, 1.165) is 61.2 Å². The molecule has 4 heterocycles. The zero-order valence-corrected chi connectivity index (χ0v) is 17.3. The number of rotatable bonds is 3. The molecule has 26 heavy (non-hydrogen) atoms. The fraction of sp³-hybridized carbons (Fsp3) is 0.556. The molecule has 144 valence electrons. The smallest absolute Gasteiger partial charge is 0.228 e. The number of thiazole rings is 1. The first-order chi connectivity index (χ1) is 11.6. The number of carbonyl (C=O) groups excluding carboxylic acids is 1. The second-order valence-corrected chi connectivity index (χ2v) is 7.90. The third kappa shape index (κ3) is 4.42. The van der Waals surface area contributed by atoms with Gasteiger partial charge in [-0.25, -0.2) is 4.98 Å². The molecule has 0 radical (unpaired) electrons. The van der Waals surface area contributed by atoms with E-state index in [0.29, 0.717) is 11.8 Å². The van der Waals surface area contributed by atoms with Gasteiger partial charge in [0.15, 0.2) is 10.8 Å². The molecule has 2 aliphatic rings. The Morgan fingerprint density at radius 2 is 2.08 bits per heavy atom. The number of nitrogens with one attached hydrogen (secondary N) is 1. The Labute approximate surface area is 170 Å². The van der Waals surface area contributed by atoms with Crippen LogP contribution in [-0.2, 0) is 11.2 Å². The number of halogens is 2. The maximum absolute atomic E-state index is 12.6. The minimum absolute atomic E-state index is 0. The largest absolute Gasteiger partial charge is 0.459 e. The van der Waals surface area contributed by atoms with Crippen molar-refractivity contribution in [2.45, 2.75) is 32.6 Å². The number of nitrogens with zero attached hydrogens (tertiary/aromatic N) is 2. The van der Waals surface area contributed by atoms with Gasteiger partial charge in [-0.3, -0.25) is 4.79 Å². The van der Waals surface area contributed by atoms with Crippen molar-refractivity contribution in [2.24, 2.45) is 5.41 Å². The monoisotopic (exact) mass is 417 g/mol. The van der Waals surface area contributed by atoms with Gasteiger partial charge in [-0.15, -0.1) is 36.2 Å². The summed E-state index contributed by atoms with van der Waals surface area (Å²) >= 11 is 1.54. The van der Waals surface area contributed by atoms with E-state index in [1.54, 1.807) is 0 Å². The number of aryl methyl sites for hydroxylation is 1. The van der Waals surface area contributed by atoms with Gasteiger partial charge in [0.1, 0.15) is 5.76 Å². The molecule has 2 aromatic heterocycles. The second-order valence-electron chi connectivity index (χ2n) is 7.04. The van der Waals surface area contributed by atoms with Gasteiger partial charge in [0.2, 0.25) is 5.91 Å². The highest BCUT2D eigenvalue weighted by atomic mass is 35.5. The third-order valence-corrected chi connectivity index (χ3v) is 6.25. The summed E-state index contributed by atoms with van der Waals surface area (Å²) in [4.78, 5) is 19.2. The maximum Gasteiger partial charge on any atom is 0.228 e. The summed E-state index contributed by atoms with van der Waals surface area (Å²) < 4.78 is 5.60. The Hall–Kier alpha value is -1.08. The maximum atomic E-state index is 12.6. The SMILES string of the molecule is Cc1ccc(-c2nc(CC(=O)N3CCC4(CCNC4)CC3)cs2)o1.Cl.Cl. The lowest BCUT2D eigenvalue weighted by atomic mass is 9.78. The molecule has 0 aromatic carbocycles. The molecule has 0 saturated carbocycles. The van der Waals surface area contributed by atoms with Gasteiger partial charge in [-0.2, -0.15) is 0 Å². The Bertz CT molecular complexity index is 730. The molecule has 4 rings (SSSR count). The van der Waals surface area contributed by atoms with Crippen LogP contribution in [0, 0.1) is 12.3 Å². The molecule has 1 amide bonds. The Kier molecular flexibility index (Phi) is 7.13. The van der Waals surface area contributed by atoms with E-state index in [1.807, 2.05) is 29.3 Å². The number of furan rings is 1. The van der Waals surface area contributed by atoms with E-state index < -0.39 is 0 Å². The third-order valence-electron chi connectivity index (χ3n) is 5.34. The van der Waals surface area contributed by atoms with E-state index >= 15 is 0 Å². The van der Waals surface area contributed by atoms with Crippen LogP contribution >= 0.6 is 36.2 Å². The van der Waals surface area contributed by atoms with Gasteiger partial charge in [-0.1, -0.05) is 0 Å². The van der Waals surface area contributed by atoms with E-state index in [4.69, 9.17) is 4.42 Å². The van der Waals surface area contributed by atoms with Crippen LogP contribution in [-0.4, -0.2) is 42.0 Å². The summed E-state index contributed by atoms with van der Waals surface area (Å²) in [5.41, 5.74) is 1.29. The van der Waals surface area contributed by atoms with Crippen molar-refractivity contribution in [3.63, 3.8) is 0 Å². The van der Waals surface area contributed by atoms with E-state index in [9.17, 15) is 4.79 Å². The second kappa shape index (κ2) is 8.74. The summed E-state index contributed by atoms with van der Waals surface area (Å²) in [6.45, 7) is 5.93. The number of hydrogen-bond acceptors (Lipinski definition) is 5. The lowest BCUT2D eigenvalue weighted by Gasteiger charge is -2.38. The summed E-state index contributed by atoms with van der Waals surface area (Å²) in [6, 6.07) is 3.86. The van der Waals surface area contributed by atoms with Crippen LogP contribution < -0.4 is 5.32 Å². The van der Waals surface area contributed by atoms with Crippen molar-refractivity contribution in [3.8, 4) is 10.8 Å². The molecule has 2 saturated heterocycles. The fourth-order valence-corrected chi connectivity index (χ4v) is 4.55. The molecule has 1 spiro atoms. The van der Waals surface area contributed by atoms with Gasteiger partial charge in [0.05, 0.1) is 12.1 Å². The highest BCUT2D eigenvalue weighted by Crippen LogP contribution is 2.37. The van der Waals surface area contributed by atoms with Crippen LogP contribution in [0.15, 0.2) is 21.9 Å². The molecule has 8 heteroatoms. The van der Waals surface area contributed by atoms with Crippen molar-refractivity contribution in [3.05, 3.63) is 29.0 Å². The topological polar surface area (TPSA) is 58.4 Å². The molecule has 1 N–H and O–H groups in total. The number of hydrogen-bond donors (Lipinski definition) is 1. The predicted octanol–water partition coefficient (Wildman–Crippen LogP) is 3.70. The number of likely N-dealkylation sites (tertiary alicyclic amines) is 1. The van der Waals surface area contributed by atoms with E-state index in [2.05, 4.69) is 10.3 Å². The summed E-state index contributed by atoms with van der Waals surface area (Å²) in [6.07, 6.45) is 3.90. The molecular formula is C18H25Cl2N3O2S. The van der Waals surface area contributed by atoms with Gasteiger partial charge in [-0.05, 0) is 50.3 Å². The zero-order chi connectivity index (χ0) is 16.6. The summed E-state index contributed by atoms with van der Waals surface area (Å²) in [7, 11) is 0. The summed E-state index contributed by atoms with van der Waals surface area (Å²) in [5.74, 6) is 1.86. The molecule has 2 aliphatic heterocycles. The van der Waals surface area contributed by atoms with Gasteiger partial charge < -0.3 is 14.6 Å². The average molecular weight is 418 g/mol. The van der Waals surface area contributed by atoms with Crippen molar-refractivity contribution < 1.29 is 9.21 Å². The van der Waals surface area contributed by atoms with E-state index in [-0.39, 0.29) is 30.7 Å². The number of piperidine rings is 1. The lowest BCUT2D eigenvalue weighted by Crippen LogP contribution is -2.44. The molecule has 2 aromatic rings. The van der Waals surface area contributed by atoms with Crippen LogP contribution in [0.3, 0.4) is 0 Å². The quantitative estimate of drug-likeness (QED) is 0.826. The molecule has 5 nitrogen and oxygen atoms in total. The number of carbonyl (C=O) groups is 1. The molecular weight excluding hydrogens is 393 g/mol. The van der Waals surface area contributed by atoms with Crippen molar-refractivity contribution >= 4 is 42.1 Å². The Morgan fingerprint density at radius 1 is 1.31 bits per heavy atom. The lowest BCUT2D eigenvalue weighted by molar-refractivity contribution is -0.132. The van der Waals surface area contributed by atoms with Gasteiger partial charge >= 0.3 is 0 Å². The minimum atomic E-state index is 0. The minimum Gasteiger partial charge on any atom is -0.459 e. The highest BCUT2D eigenvalue weighted by Gasteiger charge is 2.38. The van der Waals surface area contributed by atoms with Crippen LogP contribution in [0.2, 0.25) is 0 Å². The van der Waals surface area contributed by atoms with Gasteiger partial charge in [0, 0.05) is 25.0 Å². The first-order valence-corrected chi connectivity index (χ1v) is 9.51. The van der Waals surface area contributed by atoms with Crippen LogP contribution in [0.1, 0.15) is 30.7 Å². The van der Waals surface area contributed by atoms with Gasteiger partial charge in [0.25, 0.3) is 0 Å². The first-order valence-electron chi connectivity index (χ1n) is 8.63. The Morgan fingerprint density at radius 3 is 2.69 bits per heavy atom. The normalized spacial score (nSPS) is 18.4. The standard InChI is InChI=1S/C18H23N3O2S.2ClH/c1-13-2-3-15(23-13)17-20-14(11-24-17)10-16(22)21-8-5-18(6-9-21)4-7-19-12-18;;/h2-3,11,19H,4-10,12H2,1H3;2*1H. The number of amides is 1. The molecule has 0 unspecified atom stereocenters. The molecule has 2 fully saturated rings. The van der Waals surface area contributed by atoms with Crippen molar-refractivity contribution in [1.29, 1.82) is 0 Å². The van der Waals surface area contributed by atoms with Crippen molar-refractivity contribution in [1.82, 2.24) is 15.2 Å². The van der Waals surface area contributed by atoms with Crippen molar-refractivity contribution in [2.75, 3.05) is 26.2 Å². The van der Waals surface area contributed by atoms with E-state index in [1.165, 1.54) is 17.8 Å². The Balaban J connectivity index is 0.00000121. The fourth-order valence-electron chi connectivity index (χ4n) is 3.77. The first kappa shape index (κ1) is 21.2. The average Bonchev–Trinajstić information content (AvgIpc) is 3.30. The molecule has 0 bridgehead atoms. The molecule has 0 aliphatic carbocycles. The number of aromatic nitrogens is 1. The van der Waals surface area contributed by atoms with Crippen LogP contribution in [0.25, 0.3) is 10.8 Å². The van der Waals surface area contributed by atoms with Crippen LogP contribution in [0.5, 0.6) is 0 Å². The summed E-state index contributed by atoms with van der Waals surface area (Å²) in [5, 5.41) is 6.28. The predicted molar refractivity (Wildman–Crippen MR) is 108 cm³/mol. The van der Waals surface area contributed by atoms with Crippen LogP contribution in [0.4, 0.5) is 0 Å². The zero-order valence-electron chi connectivity index (χ0n) is 14.8. The molecule has 0 atom stereocenters. The highest BCUT2D eigenvalue weighted by molar-refractivity contribution is 7.13.